The van der Waals surface area contributed by atoms with E-state index in [9.17, 15) is 4.79 Å². The lowest BCUT2D eigenvalue weighted by atomic mass is 10.4. The molecule has 0 spiro atoms. The van der Waals surface area contributed by atoms with E-state index < -0.39 is 0 Å². The number of rotatable bonds is 7. The number of likely N-dealkylation sites (tertiary alicyclic amines) is 1. The zero-order valence-electron chi connectivity index (χ0n) is 10.6. The van der Waals surface area contributed by atoms with E-state index >= 15 is 0 Å². The molecule has 4 nitrogen and oxygen atoms in total. The molecule has 0 unspecified atom stereocenters. The minimum atomic E-state index is -0.0875. The number of nitrogens with zero attached hydrogens (tertiary/aromatic N) is 2. The first-order valence-electron chi connectivity index (χ1n) is 6.29. The number of ether oxygens (including phenoxy) is 1. The van der Waals surface area contributed by atoms with Gasteiger partial charge >= 0.3 is 5.97 Å². The summed E-state index contributed by atoms with van der Waals surface area (Å²) in [6.45, 7) is 7.77. The van der Waals surface area contributed by atoms with Gasteiger partial charge in [0.1, 0.15) is 0 Å². The fourth-order valence-electron chi connectivity index (χ4n) is 1.95. The highest BCUT2D eigenvalue weighted by molar-refractivity contribution is 5.69. The Morgan fingerprint density at radius 2 is 2.00 bits per heavy atom. The summed E-state index contributed by atoms with van der Waals surface area (Å²) in [5.41, 5.74) is 0. The summed E-state index contributed by atoms with van der Waals surface area (Å²) < 4.78 is 4.89. The van der Waals surface area contributed by atoms with Gasteiger partial charge in [-0.05, 0) is 39.9 Å². The van der Waals surface area contributed by atoms with Crippen LogP contribution in [0.5, 0.6) is 0 Å². The van der Waals surface area contributed by atoms with Crippen molar-refractivity contribution in [1.29, 1.82) is 0 Å². The van der Waals surface area contributed by atoms with E-state index in [-0.39, 0.29) is 5.97 Å². The van der Waals surface area contributed by atoms with Gasteiger partial charge in [-0.3, -0.25) is 4.79 Å². The van der Waals surface area contributed by atoms with Gasteiger partial charge in [0.15, 0.2) is 0 Å². The average Bonchev–Trinajstić information content (AvgIpc) is 2.77. The van der Waals surface area contributed by atoms with E-state index in [1.807, 2.05) is 6.92 Å². The van der Waals surface area contributed by atoms with Gasteiger partial charge in [-0.25, -0.2) is 0 Å². The molecule has 16 heavy (non-hydrogen) atoms. The second-order valence-electron chi connectivity index (χ2n) is 4.41. The summed E-state index contributed by atoms with van der Waals surface area (Å²) in [6, 6.07) is 0. The minimum absolute atomic E-state index is 0.0875. The predicted molar refractivity (Wildman–Crippen MR) is 64.4 cm³/mol. The molecule has 1 aliphatic heterocycles. The van der Waals surface area contributed by atoms with Crippen LogP contribution in [0.4, 0.5) is 0 Å². The lowest BCUT2D eigenvalue weighted by Crippen LogP contribution is -2.32. The molecule has 1 aliphatic rings. The molecule has 0 aromatic heterocycles. The van der Waals surface area contributed by atoms with Gasteiger partial charge in [0.25, 0.3) is 0 Å². The van der Waals surface area contributed by atoms with Gasteiger partial charge in [-0.2, -0.15) is 0 Å². The van der Waals surface area contributed by atoms with Gasteiger partial charge in [0.2, 0.25) is 0 Å². The molecule has 0 aromatic rings. The molecular weight excluding hydrogens is 204 g/mol. The molecule has 0 saturated carbocycles. The van der Waals surface area contributed by atoms with Crippen LogP contribution in [-0.4, -0.2) is 62.1 Å². The van der Waals surface area contributed by atoms with E-state index in [4.69, 9.17) is 4.74 Å². The molecule has 0 N–H and O–H groups in total. The molecule has 1 saturated heterocycles. The topological polar surface area (TPSA) is 32.8 Å². The Balaban J connectivity index is 2.01. The Bertz CT molecular complexity index is 203. The Morgan fingerprint density at radius 3 is 2.62 bits per heavy atom. The number of hydrogen-bond donors (Lipinski definition) is 0. The summed E-state index contributed by atoms with van der Waals surface area (Å²) in [5.74, 6) is -0.0875. The van der Waals surface area contributed by atoms with Crippen molar-refractivity contribution in [3.05, 3.63) is 0 Å². The van der Waals surface area contributed by atoms with E-state index in [0.717, 1.165) is 19.6 Å². The SMILES string of the molecule is CCOC(=O)CCN(C)CCN1CCCC1. The number of carbonyl (C=O) groups is 1. The molecule has 0 amide bonds. The van der Waals surface area contributed by atoms with E-state index in [0.29, 0.717) is 13.0 Å². The third kappa shape index (κ3) is 5.47. The first-order chi connectivity index (χ1) is 7.72. The van der Waals surface area contributed by atoms with Crippen LogP contribution < -0.4 is 0 Å². The highest BCUT2D eigenvalue weighted by atomic mass is 16.5. The summed E-state index contributed by atoms with van der Waals surface area (Å²) in [6.07, 6.45) is 3.18. The van der Waals surface area contributed by atoms with Crippen LogP contribution in [-0.2, 0) is 9.53 Å². The molecule has 1 heterocycles. The van der Waals surface area contributed by atoms with E-state index in [2.05, 4.69) is 16.8 Å². The van der Waals surface area contributed by atoms with Crippen molar-refractivity contribution >= 4 is 5.97 Å². The molecule has 0 radical (unpaired) electrons. The number of hydrogen-bond acceptors (Lipinski definition) is 4. The fourth-order valence-corrected chi connectivity index (χ4v) is 1.95. The quantitative estimate of drug-likeness (QED) is 0.608. The van der Waals surface area contributed by atoms with E-state index in [1.54, 1.807) is 0 Å². The van der Waals surface area contributed by atoms with Gasteiger partial charge < -0.3 is 14.5 Å². The molecule has 1 fully saturated rings. The van der Waals surface area contributed by atoms with Crippen LogP contribution in [0.1, 0.15) is 26.2 Å². The highest BCUT2D eigenvalue weighted by Gasteiger charge is 2.12. The zero-order chi connectivity index (χ0) is 11.8. The van der Waals surface area contributed by atoms with E-state index in [1.165, 1.54) is 25.9 Å². The Labute approximate surface area is 98.5 Å². The van der Waals surface area contributed by atoms with Gasteiger partial charge in [-0.15, -0.1) is 0 Å². The molecule has 94 valence electrons. The van der Waals surface area contributed by atoms with Crippen molar-refractivity contribution in [3.8, 4) is 0 Å². The third-order valence-electron chi connectivity index (χ3n) is 3.00. The van der Waals surface area contributed by atoms with Crippen LogP contribution in [0.25, 0.3) is 0 Å². The van der Waals surface area contributed by atoms with Crippen LogP contribution >= 0.6 is 0 Å². The summed E-state index contributed by atoms with van der Waals surface area (Å²) >= 11 is 0. The number of likely N-dealkylation sites (N-methyl/N-ethyl adjacent to an activating group) is 1. The molecule has 0 atom stereocenters. The maximum atomic E-state index is 11.1. The molecule has 0 aliphatic carbocycles. The fraction of sp³-hybridized carbons (Fsp3) is 0.917. The standard InChI is InChI=1S/C12H24N2O2/c1-3-16-12(15)6-9-13(2)10-11-14-7-4-5-8-14/h3-11H2,1-2H3. The molecule has 4 heteroatoms. The van der Waals surface area contributed by atoms with Gasteiger partial charge in [0, 0.05) is 19.6 Å². The van der Waals surface area contributed by atoms with Crippen molar-refractivity contribution in [2.24, 2.45) is 0 Å². The maximum Gasteiger partial charge on any atom is 0.307 e. The number of esters is 1. The van der Waals surface area contributed by atoms with Crippen LogP contribution in [0.3, 0.4) is 0 Å². The summed E-state index contributed by atoms with van der Waals surface area (Å²) in [4.78, 5) is 15.8. The highest BCUT2D eigenvalue weighted by Crippen LogP contribution is 2.06. The zero-order valence-corrected chi connectivity index (χ0v) is 10.6. The largest absolute Gasteiger partial charge is 0.466 e. The van der Waals surface area contributed by atoms with Crippen LogP contribution in [0.2, 0.25) is 0 Å². The Hall–Kier alpha value is -0.610. The molecule has 0 bridgehead atoms. The summed E-state index contributed by atoms with van der Waals surface area (Å²) in [7, 11) is 2.06. The molecular formula is C12H24N2O2. The Morgan fingerprint density at radius 1 is 1.31 bits per heavy atom. The smallest absolute Gasteiger partial charge is 0.307 e. The monoisotopic (exact) mass is 228 g/mol. The normalized spacial score (nSPS) is 16.9. The molecule has 0 aromatic carbocycles. The maximum absolute atomic E-state index is 11.1. The first-order valence-corrected chi connectivity index (χ1v) is 6.29. The Kier molecular flexibility index (Phi) is 6.42. The van der Waals surface area contributed by atoms with Crippen molar-refractivity contribution in [2.45, 2.75) is 26.2 Å². The number of carbonyl (C=O) groups excluding carboxylic acids is 1. The first kappa shape index (κ1) is 13.5. The van der Waals surface area contributed by atoms with Gasteiger partial charge in [-0.1, -0.05) is 0 Å². The van der Waals surface area contributed by atoms with Gasteiger partial charge in [0.05, 0.1) is 13.0 Å². The molecule has 1 rings (SSSR count). The van der Waals surface area contributed by atoms with Crippen LogP contribution in [0, 0.1) is 0 Å². The van der Waals surface area contributed by atoms with Crippen molar-refractivity contribution in [2.75, 3.05) is 46.4 Å². The van der Waals surface area contributed by atoms with Crippen LogP contribution in [0.15, 0.2) is 0 Å². The predicted octanol–water partition coefficient (Wildman–Crippen LogP) is 0.967. The summed E-state index contributed by atoms with van der Waals surface area (Å²) in [5, 5.41) is 0. The van der Waals surface area contributed by atoms with Crippen molar-refractivity contribution in [1.82, 2.24) is 9.80 Å². The second kappa shape index (κ2) is 7.63. The lowest BCUT2D eigenvalue weighted by Gasteiger charge is -2.20. The minimum Gasteiger partial charge on any atom is -0.466 e. The third-order valence-corrected chi connectivity index (χ3v) is 3.00. The van der Waals surface area contributed by atoms with Crippen molar-refractivity contribution < 1.29 is 9.53 Å². The second-order valence-corrected chi connectivity index (χ2v) is 4.41. The lowest BCUT2D eigenvalue weighted by molar-refractivity contribution is -0.143. The average molecular weight is 228 g/mol. The van der Waals surface area contributed by atoms with Crippen molar-refractivity contribution in [3.63, 3.8) is 0 Å².